The summed E-state index contributed by atoms with van der Waals surface area (Å²) in [7, 11) is 0. The number of nitrogens with zero attached hydrogens (tertiary/aromatic N) is 1. The van der Waals surface area contributed by atoms with Gasteiger partial charge >= 0.3 is 0 Å². The van der Waals surface area contributed by atoms with Gasteiger partial charge in [0.25, 0.3) is 0 Å². The van der Waals surface area contributed by atoms with Gasteiger partial charge in [0.1, 0.15) is 0 Å². The van der Waals surface area contributed by atoms with Crippen molar-refractivity contribution >= 4 is 22.8 Å². The first-order valence-electron chi connectivity index (χ1n) is 8.35. The molecular formula is C20H23NO2. The van der Waals surface area contributed by atoms with Gasteiger partial charge in [0.05, 0.1) is 5.57 Å². The molecule has 0 aromatic heterocycles. The second-order valence-corrected chi connectivity index (χ2v) is 6.43. The third-order valence-electron chi connectivity index (χ3n) is 4.75. The summed E-state index contributed by atoms with van der Waals surface area (Å²) in [5.74, 6) is -0.205. The van der Waals surface area contributed by atoms with Gasteiger partial charge in [-0.3, -0.25) is 9.59 Å². The lowest BCUT2D eigenvalue weighted by molar-refractivity contribution is -0.119. The number of hydrogen-bond donors (Lipinski definition) is 0. The Morgan fingerprint density at radius 1 is 1.09 bits per heavy atom. The molecule has 3 rings (SSSR count). The molecule has 1 saturated heterocycles. The van der Waals surface area contributed by atoms with Crippen LogP contribution in [0.15, 0.2) is 35.9 Å². The molecule has 3 nitrogen and oxygen atoms in total. The molecule has 23 heavy (non-hydrogen) atoms. The van der Waals surface area contributed by atoms with Crippen molar-refractivity contribution in [2.75, 3.05) is 18.0 Å². The second-order valence-electron chi connectivity index (χ2n) is 6.43. The zero-order valence-corrected chi connectivity index (χ0v) is 13.9. The number of rotatable bonds is 3. The molecule has 0 amide bonds. The Labute approximate surface area is 137 Å². The van der Waals surface area contributed by atoms with E-state index in [1.54, 1.807) is 6.08 Å². The van der Waals surface area contributed by atoms with Gasteiger partial charge < -0.3 is 4.90 Å². The summed E-state index contributed by atoms with van der Waals surface area (Å²) in [5.41, 5.74) is 5.22. The Morgan fingerprint density at radius 2 is 1.83 bits per heavy atom. The zero-order valence-electron chi connectivity index (χ0n) is 13.9. The summed E-state index contributed by atoms with van der Waals surface area (Å²) in [6.07, 6.45) is 7.25. The number of hydrogen-bond acceptors (Lipinski definition) is 3. The van der Waals surface area contributed by atoms with E-state index in [0.29, 0.717) is 18.4 Å². The summed E-state index contributed by atoms with van der Waals surface area (Å²) in [5, 5.41) is 0. The number of carbonyl (C=O) groups excluding carboxylic acids is 2. The molecule has 0 atom stereocenters. The van der Waals surface area contributed by atoms with Crippen LogP contribution in [0.3, 0.4) is 0 Å². The standard InChI is InChI=1S/C20H23NO2/c1-14-13-17(6-9-19(14)21-11-3-4-12-21)16-5-8-18(15(2)22)20(23)10-7-16/h6-9,13H,3-5,10-12H2,1-2H3. The van der Waals surface area contributed by atoms with Crippen molar-refractivity contribution in [1.82, 2.24) is 0 Å². The van der Waals surface area contributed by atoms with Crippen LogP contribution in [-0.4, -0.2) is 24.7 Å². The summed E-state index contributed by atoms with van der Waals surface area (Å²) in [6.45, 7) is 5.89. The highest BCUT2D eigenvalue weighted by Crippen LogP contribution is 2.30. The minimum absolute atomic E-state index is 0.0714. The van der Waals surface area contributed by atoms with Gasteiger partial charge in [-0.2, -0.15) is 0 Å². The maximum Gasteiger partial charge on any atom is 0.169 e. The van der Waals surface area contributed by atoms with E-state index in [1.807, 2.05) is 6.08 Å². The molecule has 1 aromatic carbocycles. The average Bonchev–Trinajstić information content (AvgIpc) is 2.96. The van der Waals surface area contributed by atoms with Crippen LogP contribution >= 0.6 is 0 Å². The third kappa shape index (κ3) is 3.29. The smallest absolute Gasteiger partial charge is 0.169 e. The lowest BCUT2D eigenvalue weighted by Gasteiger charge is -2.21. The number of carbonyl (C=O) groups is 2. The van der Waals surface area contributed by atoms with Gasteiger partial charge in [-0.15, -0.1) is 0 Å². The van der Waals surface area contributed by atoms with Crippen LogP contribution in [-0.2, 0) is 9.59 Å². The van der Waals surface area contributed by atoms with Gasteiger partial charge in [0.15, 0.2) is 11.6 Å². The first-order valence-corrected chi connectivity index (χ1v) is 8.35. The van der Waals surface area contributed by atoms with E-state index in [-0.39, 0.29) is 11.6 Å². The van der Waals surface area contributed by atoms with Gasteiger partial charge in [0, 0.05) is 25.2 Å². The monoisotopic (exact) mass is 309 g/mol. The van der Waals surface area contributed by atoms with Crippen molar-refractivity contribution in [2.24, 2.45) is 0 Å². The molecule has 1 aliphatic heterocycles. The fourth-order valence-electron chi connectivity index (χ4n) is 3.48. The third-order valence-corrected chi connectivity index (χ3v) is 4.75. The second kappa shape index (κ2) is 6.53. The molecule has 1 heterocycles. The Balaban J connectivity index is 1.86. The SMILES string of the molecule is CC(=O)C1=CCC(c2ccc(N3CCCC3)c(C)c2)=CCC1=O. The highest BCUT2D eigenvalue weighted by Gasteiger charge is 2.18. The molecular weight excluding hydrogens is 286 g/mol. The number of ketones is 2. The van der Waals surface area contributed by atoms with Gasteiger partial charge in [-0.05, 0) is 61.9 Å². The Bertz CT molecular complexity index is 706. The number of aryl methyl sites for hydroxylation is 1. The van der Waals surface area contributed by atoms with E-state index in [0.717, 1.165) is 24.2 Å². The predicted molar refractivity (Wildman–Crippen MR) is 93.6 cm³/mol. The highest BCUT2D eigenvalue weighted by atomic mass is 16.1. The minimum atomic E-state index is -0.134. The molecule has 0 spiro atoms. The minimum Gasteiger partial charge on any atom is -0.371 e. The molecule has 1 fully saturated rings. The molecule has 0 N–H and O–H groups in total. The van der Waals surface area contributed by atoms with Crippen molar-refractivity contribution < 1.29 is 9.59 Å². The molecule has 1 aliphatic carbocycles. The van der Waals surface area contributed by atoms with Crippen molar-refractivity contribution in [3.05, 3.63) is 47.1 Å². The van der Waals surface area contributed by atoms with Crippen LogP contribution < -0.4 is 4.90 Å². The van der Waals surface area contributed by atoms with E-state index in [1.165, 1.54) is 31.0 Å². The van der Waals surface area contributed by atoms with Crippen LogP contribution in [0.5, 0.6) is 0 Å². The summed E-state index contributed by atoms with van der Waals surface area (Å²) >= 11 is 0. The van der Waals surface area contributed by atoms with Crippen LogP contribution in [0.2, 0.25) is 0 Å². The van der Waals surface area contributed by atoms with Crippen LogP contribution in [0.4, 0.5) is 5.69 Å². The molecule has 0 bridgehead atoms. The molecule has 120 valence electrons. The van der Waals surface area contributed by atoms with Crippen LogP contribution in [0, 0.1) is 6.92 Å². The van der Waals surface area contributed by atoms with Crippen molar-refractivity contribution in [2.45, 2.75) is 39.5 Å². The Hall–Kier alpha value is -2.16. The first kappa shape index (κ1) is 15.7. The molecule has 1 aromatic rings. The Kier molecular flexibility index (Phi) is 4.46. The van der Waals surface area contributed by atoms with E-state index < -0.39 is 0 Å². The van der Waals surface area contributed by atoms with E-state index >= 15 is 0 Å². The molecule has 2 aliphatic rings. The number of Topliss-reactive ketones (excluding diaryl/α,β-unsaturated/α-hetero) is 2. The first-order chi connectivity index (χ1) is 11.1. The average molecular weight is 309 g/mol. The summed E-state index contributed by atoms with van der Waals surface area (Å²) < 4.78 is 0. The molecule has 3 heteroatoms. The lowest BCUT2D eigenvalue weighted by atomic mass is 9.99. The van der Waals surface area contributed by atoms with Crippen molar-refractivity contribution in [3.63, 3.8) is 0 Å². The van der Waals surface area contributed by atoms with E-state index in [2.05, 4.69) is 30.0 Å². The number of allylic oxidation sites excluding steroid dienone is 4. The summed E-state index contributed by atoms with van der Waals surface area (Å²) in [4.78, 5) is 26.0. The lowest BCUT2D eigenvalue weighted by Crippen LogP contribution is -2.18. The number of anilines is 1. The maximum absolute atomic E-state index is 12.0. The van der Waals surface area contributed by atoms with E-state index in [9.17, 15) is 9.59 Å². The maximum atomic E-state index is 12.0. The van der Waals surface area contributed by atoms with Crippen molar-refractivity contribution in [3.8, 4) is 0 Å². The Morgan fingerprint density at radius 3 is 2.48 bits per heavy atom. The van der Waals surface area contributed by atoms with Crippen LogP contribution in [0.1, 0.15) is 43.7 Å². The molecule has 0 radical (unpaired) electrons. The van der Waals surface area contributed by atoms with Crippen molar-refractivity contribution in [1.29, 1.82) is 0 Å². The van der Waals surface area contributed by atoms with Gasteiger partial charge in [-0.25, -0.2) is 0 Å². The fraction of sp³-hybridized carbons (Fsp3) is 0.400. The summed E-state index contributed by atoms with van der Waals surface area (Å²) in [6, 6.07) is 6.54. The largest absolute Gasteiger partial charge is 0.371 e. The van der Waals surface area contributed by atoms with E-state index in [4.69, 9.17) is 0 Å². The van der Waals surface area contributed by atoms with Gasteiger partial charge in [-0.1, -0.05) is 18.2 Å². The number of benzene rings is 1. The quantitative estimate of drug-likeness (QED) is 0.796. The van der Waals surface area contributed by atoms with Crippen LogP contribution in [0.25, 0.3) is 5.57 Å². The fourth-order valence-corrected chi connectivity index (χ4v) is 3.48. The molecule has 0 saturated carbocycles. The topological polar surface area (TPSA) is 37.4 Å². The highest BCUT2D eigenvalue weighted by molar-refractivity contribution is 6.20. The van der Waals surface area contributed by atoms with Gasteiger partial charge in [0.2, 0.25) is 0 Å². The normalized spacial score (nSPS) is 18.5. The predicted octanol–water partition coefficient (Wildman–Crippen LogP) is 3.86. The molecule has 0 unspecified atom stereocenters. The zero-order chi connectivity index (χ0) is 16.4.